The van der Waals surface area contributed by atoms with Crippen molar-refractivity contribution in [3.8, 4) is 0 Å². The third kappa shape index (κ3) is 3.80. The Bertz CT molecular complexity index is 1330. The highest BCUT2D eigenvalue weighted by atomic mass is 15.2. The monoisotopic (exact) mass is 436 g/mol. The number of likely N-dealkylation sites (tertiary alicyclic amines) is 1. The fraction of sp³-hybridized carbons (Fsp3) is 0.296. The van der Waals surface area contributed by atoms with Gasteiger partial charge in [-0.2, -0.15) is 0 Å². The first kappa shape index (κ1) is 20.1. The van der Waals surface area contributed by atoms with Gasteiger partial charge in [0.05, 0.1) is 34.5 Å². The molecule has 6 nitrogen and oxygen atoms in total. The number of nitrogens with one attached hydrogen (secondary N) is 1. The minimum atomic E-state index is 0.259. The van der Waals surface area contributed by atoms with Gasteiger partial charge >= 0.3 is 0 Å². The van der Waals surface area contributed by atoms with E-state index < -0.39 is 0 Å². The first-order valence-corrected chi connectivity index (χ1v) is 11.8. The summed E-state index contributed by atoms with van der Waals surface area (Å²) in [6.45, 7) is 3.08. The van der Waals surface area contributed by atoms with Crippen molar-refractivity contribution < 1.29 is 0 Å². The minimum Gasteiger partial charge on any atom is -0.342 e. The quantitative estimate of drug-likeness (QED) is 0.399. The van der Waals surface area contributed by atoms with Crippen LogP contribution < -0.4 is 0 Å². The second-order valence-electron chi connectivity index (χ2n) is 8.99. The summed E-state index contributed by atoms with van der Waals surface area (Å²) in [7, 11) is 0. The number of pyridine rings is 2. The maximum atomic E-state index is 5.00. The maximum absolute atomic E-state index is 5.00. The topological polar surface area (TPSA) is 62.1 Å². The van der Waals surface area contributed by atoms with Crippen molar-refractivity contribution in [2.75, 3.05) is 6.54 Å². The van der Waals surface area contributed by atoms with Crippen LogP contribution in [-0.2, 0) is 6.42 Å². The molecule has 0 unspecified atom stereocenters. The van der Waals surface area contributed by atoms with Crippen LogP contribution in [0.25, 0.3) is 16.7 Å². The lowest BCUT2D eigenvalue weighted by Crippen LogP contribution is -2.38. The van der Waals surface area contributed by atoms with Crippen molar-refractivity contribution in [2.24, 2.45) is 0 Å². The number of H-pyrrole nitrogens is 1. The van der Waals surface area contributed by atoms with Gasteiger partial charge in [0.25, 0.3) is 0 Å². The molecule has 0 aliphatic carbocycles. The van der Waals surface area contributed by atoms with E-state index in [2.05, 4.69) is 63.9 Å². The van der Waals surface area contributed by atoms with Crippen molar-refractivity contribution in [3.63, 3.8) is 0 Å². The molecular weight excluding hydrogens is 408 g/mol. The Hall–Kier alpha value is -3.51. The lowest BCUT2D eigenvalue weighted by molar-refractivity contribution is 0.0777. The molecule has 1 saturated heterocycles. The number of aromatic nitrogens is 5. The molecule has 5 aromatic rings. The molecule has 6 heteroatoms. The molecule has 1 fully saturated rings. The number of rotatable bonds is 5. The van der Waals surface area contributed by atoms with Gasteiger partial charge in [0.1, 0.15) is 11.5 Å². The van der Waals surface area contributed by atoms with Crippen molar-refractivity contribution in [2.45, 2.75) is 44.7 Å². The van der Waals surface area contributed by atoms with Gasteiger partial charge in [-0.15, -0.1) is 0 Å². The third-order valence-corrected chi connectivity index (χ3v) is 6.89. The van der Waals surface area contributed by atoms with Crippen LogP contribution in [-0.4, -0.2) is 35.8 Å². The van der Waals surface area contributed by atoms with Crippen molar-refractivity contribution >= 4 is 16.7 Å². The second-order valence-corrected chi connectivity index (χ2v) is 8.99. The van der Waals surface area contributed by atoms with E-state index in [1.807, 2.05) is 30.5 Å². The van der Waals surface area contributed by atoms with E-state index in [0.29, 0.717) is 0 Å². The molecule has 1 N–H and O–H groups in total. The van der Waals surface area contributed by atoms with Gasteiger partial charge in [0.2, 0.25) is 0 Å². The third-order valence-electron chi connectivity index (χ3n) is 6.89. The first-order valence-electron chi connectivity index (χ1n) is 11.8. The largest absolute Gasteiger partial charge is 0.342 e. The van der Waals surface area contributed by atoms with Crippen LogP contribution in [0, 0.1) is 6.92 Å². The number of piperidine rings is 1. The second kappa shape index (κ2) is 8.45. The van der Waals surface area contributed by atoms with Crippen LogP contribution in [0.15, 0.2) is 73.2 Å². The molecule has 0 spiro atoms. The number of nitrogens with zero attached hydrogens (tertiary/aromatic N) is 5. The highest BCUT2D eigenvalue weighted by Gasteiger charge is 2.35. The Morgan fingerprint density at radius 3 is 2.73 bits per heavy atom. The number of para-hydroxylation sites is 2. The Morgan fingerprint density at radius 1 is 0.970 bits per heavy atom. The fourth-order valence-corrected chi connectivity index (χ4v) is 5.30. The summed E-state index contributed by atoms with van der Waals surface area (Å²) in [5, 5.41) is 0. The number of fused-ring (bicyclic) bond motifs is 2. The highest BCUT2D eigenvalue weighted by Crippen LogP contribution is 2.41. The van der Waals surface area contributed by atoms with E-state index in [1.54, 1.807) is 0 Å². The van der Waals surface area contributed by atoms with Crippen LogP contribution in [0.3, 0.4) is 0 Å². The predicted molar refractivity (Wildman–Crippen MR) is 130 cm³/mol. The predicted octanol–water partition coefficient (Wildman–Crippen LogP) is 5.43. The molecule has 166 valence electrons. The van der Waals surface area contributed by atoms with Crippen LogP contribution in [0.5, 0.6) is 0 Å². The van der Waals surface area contributed by atoms with Gasteiger partial charge in [-0.1, -0.05) is 24.3 Å². The van der Waals surface area contributed by atoms with Crippen LogP contribution in [0.4, 0.5) is 0 Å². The van der Waals surface area contributed by atoms with Gasteiger partial charge in [0.15, 0.2) is 0 Å². The molecule has 1 aliphatic heterocycles. The van der Waals surface area contributed by atoms with Gasteiger partial charge in [-0.25, -0.2) is 9.97 Å². The van der Waals surface area contributed by atoms with E-state index in [9.17, 15) is 0 Å². The smallest absolute Gasteiger partial charge is 0.137 e. The molecule has 1 aliphatic rings. The normalized spacial score (nSPS) is 19.4. The maximum Gasteiger partial charge on any atom is 0.137 e. The molecule has 1 aromatic carbocycles. The number of hydrogen-bond acceptors (Lipinski definition) is 4. The summed E-state index contributed by atoms with van der Waals surface area (Å²) in [5.74, 6) is 1.03. The molecular formula is C27H28N6. The van der Waals surface area contributed by atoms with Crippen LogP contribution in [0.1, 0.15) is 54.1 Å². The molecule has 0 radical (unpaired) electrons. The summed E-state index contributed by atoms with van der Waals surface area (Å²) in [6.07, 6.45) is 10.4. The zero-order chi connectivity index (χ0) is 22.2. The van der Waals surface area contributed by atoms with E-state index in [4.69, 9.17) is 15.0 Å². The molecule has 5 heterocycles. The molecule has 0 bridgehead atoms. The van der Waals surface area contributed by atoms with Gasteiger partial charge in [0, 0.05) is 31.6 Å². The average Bonchev–Trinajstić information content (AvgIpc) is 3.47. The summed E-state index contributed by atoms with van der Waals surface area (Å²) in [5.41, 5.74) is 6.72. The number of benzene rings is 1. The van der Waals surface area contributed by atoms with E-state index in [-0.39, 0.29) is 12.1 Å². The lowest BCUT2D eigenvalue weighted by atomic mass is 9.90. The van der Waals surface area contributed by atoms with Gasteiger partial charge < -0.3 is 9.38 Å². The van der Waals surface area contributed by atoms with E-state index >= 15 is 0 Å². The summed E-state index contributed by atoms with van der Waals surface area (Å²) in [6, 6.07) is 19.2. The Morgan fingerprint density at radius 2 is 1.85 bits per heavy atom. The Balaban J connectivity index is 1.36. The number of imidazole rings is 2. The van der Waals surface area contributed by atoms with Crippen molar-refractivity contribution in [1.82, 2.24) is 29.2 Å². The molecule has 0 saturated carbocycles. The van der Waals surface area contributed by atoms with Crippen molar-refractivity contribution in [1.29, 1.82) is 0 Å². The van der Waals surface area contributed by atoms with Gasteiger partial charge in [-0.3, -0.25) is 9.88 Å². The number of aryl methyl sites for hydroxylation is 1. The molecule has 2 atom stereocenters. The number of hydrogen-bond donors (Lipinski definition) is 1. The zero-order valence-electron chi connectivity index (χ0n) is 18.9. The zero-order valence-corrected chi connectivity index (χ0v) is 18.9. The molecule has 6 rings (SSSR count). The van der Waals surface area contributed by atoms with E-state index in [1.165, 1.54) is 17.7 Å². The summed E-state index contributed by atoms with van der Waals surface area (Å²) in [4.78, 5) is 20.8. The first-order chi connectivity index (χ1) is 16.3. The van der Waals surface area contributed by atoms with Crippen LogP contribution in [0.2, 0.25) is 0 Å². The Kier molecular flexibility index (Phi) is 5.15. The summed E-state index contributed by atoms with van der Waals surface area (Å²) >= 11 is 0. The standard InChI is InChI=1S/C27H28N6/c1-19-8-7-15-28-27(19)24-12-6-11-23(22-18-32-16-5-4-13-26(32)31-22)33(24)17-14-25-29-20-9-2-3-10-21(20)30-25/h2-5,7-10,13,15-16,18,23-24H,6,11-12,14,17H2,1H3,(H,29,30)/t23-,24+/m1/s1. The fourth-order valence-electron chi connectivity index (χ4n) is 5.30. The number of aromatic amines is 1. The highest BCUT2D eigenvalue weighted by molar-refractivity contribution is 5.74. The van der Waals surface area contributed by atoms with Gasteiger partial charge in [-0.05, 0) is 62.1 Å². The molecule has 0 amide bonds. The average molecular weight is 437 g/mol. The SMILES string of the molecule is Cc1cccnc1[C@@H]1CCC[C@H](c2cn3ccccc3n2)N1CCc1nc2ccccc2[nH]1. The molecule has 33 heavy (non-hydrogen) atoms. The van der Waals surface area contributed by atoms with Crippen LogP contribution >= 0.6 is 0 Å². The molecule has 4 aromatic heterocycles. The van der Waals surface area contributed by atoms with E-state index in [0.717, 1.165) is 54.0 Å². The Labute approximate surface area is 193 Å². The minimum absolute atomic E-state index is 0.259. The summed E-state index contributed by atoms with van der Waals surface area (Å²) < 4.78 is 2.13. The lowest BCUT2D eigenvalue weighted by Gasteiger charge is -2.41. The van der Waals surface area contributed by atoms with Crippen molar-refractivity contribution in [3.05, 3.63) is 96.0 Å².